The molecule has 0 saturated carbocycles. The number of nitrogens with one attached hydrogen (secondary N) is 1. The maximum absolute atomic E-state index is 6.05. The van der Waals surface area contributed by atoms with Crippen molar-refractivity contribution in [2.45, 2.75) is 26.3 Å². The molecule has 0 aliphatic carbocycles. The molecule has 1 nitrogen and oxygen atoms in total. The quantitative estimate of drug-likeness (QED) is 0.825. The molecule has 0 fully saturated rings. The van der Waals surface area contributed by atoms with E-state index in [1.165, 1.54) is 0 Å². The van der Waals surface area contributed by atoms with Crippen LogP contribution in [0, 0.1) is 0 Å². The molecular weight excluding hydrogens is 241 g/mol. The van der Waals surface area contributed by atoms with Crippen molar-refractivity contribution in [1.82, 2.24) is 5.32 Å². The van der Waals surface area contributed by atoms with Gasteiger partial charge in [-0.3, -0.25) is 0 Å². The molecule has 0 spiro atoms. The van der Waals surface area contributed by atoms with E-state index >= 15 is 0 Å². The van der Waals surface area contributed by atoms with Gasteiger partial charge in [0, 0.05) is 16.1 Å². The molecule has 0 aliphatic heterocycles. The third-order valence-corrected chi connectivity index (χ3v) is 2.82. The Bertz CT molecular complexity index is 361. The number of benzene rings is 1. The maximum atomic E-state index is 6.05. The molecule has 0 aliphatic rings. The number of hydrogen-bond donors (Lipinski definition) is 1. The lowest BCUT2D eigenvalue weighted by molar-refractivity contribution is 0.625. The Kier molecular flexibility index (Phi) is 5.89. The average molecular weight is 258 g/mol. The van der Waals surface area contributed by atoms with Gasteiger partial charge in [0.2, 0.25) is 0 Å². The van der Waals surface area contributed by atoms with Gasteiger partial charge in [-0.05, 0) is 43.7 Å². The summed E-state index contributed by atoms with van der Waals surface area (Å²) in [5.74, 6) is 0. The second-order valence-electron chi connectivity index (χ2n) is 3.77. The molecule has 88 valence electrons. The van der Waals surface area contributed by atoms with Gasteiger partial charge in [-0.2, -0.15) is 0 Å². The molecule has 1 atom stereocenters. The highest BCUT2D eigenvalue weighted by Gasteiger charge is 1.99. The fourth-order valence-corrected chi connectivity index (χ4v) is 1.69. The Morgan fingerprint density at radius 1 is 1.38 bits per heavy atom. The highest BCUT2D eigenvalue weighted by atomic mass is 35.5. The summed E-state index contributed by atoms with van der Waals surface area (Å²) in [5, 5.41) is 4.81. The van der Waals surface area contributed by atoms with Crippen LogP contribution in [0.4, 0.5) is 0 Å². The van der Waals surface area contributed by atoms with E-state index in [9.17, 15) is 0 Å². The third-order valence-electron chi connectivity index (χ3n) is 2.24. The van der Waals surface area contributed by atoms with Crippen LogP contribution < -0.4 is 5.32 Å². The van der Waals surface area contributed by atoms with Crippen molar-refractivity contribution >= 4 is 29.3 Å². The monoisotopic (exact) mass is 257 g/mol. The lowest BCUT2D eigenvalue weighted by atomic mass is 10.2. The highest BCUT2D eigenvalue weighted by molar-refractivity contribution is 6.34. The first-order valence-corrected chi connectivity index (χ1v) is 6.25. The van der Waals surface area contributed by atoms with E-state index in [1.807, 2.05) is 18.2 Å². The molecule has 0 aromatic heterocycles. The molecular formula is C13H17Cl2N. The van der Waals surface area contributed by atoms with Gasteiger partial charge in [-0.15, -0.1) is 0 Å². The first kappa shape index (κ1) is 13.6. The van der Waals surface area contributed by atoms with Gasteiger partial charge in [-0.1, -0.05) is 42.3 Å². The number of hydrogen-bond acceptors (Lipinski definition) is 1. The largest absolute Gasteiger partial charge is 0.311 e. The summed E-state index contributed by atoms with van der Waals surface area (Å²) in [6.07, 6.45) is 5.23. The summed E-state index contributed by atoms with van der Waals surface area (Å²) >= 11 is 12.0. The van der Waals surface area contributed by atoms with Crippen LogP contribution in [-0.4, -0.2) is 12.6 Å². The first-order chi connectivity index (χ1) is 7.63. The van der Waals surface area contributed by atoms with E-state index in [-0.39, 0.29) is 0 Å². The molecule has 1 unspecified atom stereocenters. The molecule has 0 heterocycles. The minimum Gasteiger partial charge on any atom is -0.311 e. The average Bonchev–Trinajstić information content (AvgIpc) is 2.27. The van der Waals surface area contributed by atoms with E-state index < -0.39 is 0 Å². The molecule has 1 aromatic rings. The molecule has 3 heteroatoms. The standard InChI is InChI=1S/C13H17Cl2N/c1-3-8-16-10(2)4-5-11-9-12(14)6-7-13(11)15/h4-7,9-10,16H,3,8H2,1-2H3/b5-4+. The predicted octanol–water partition coefficient (Wildman–Crippen LogP) is 4.39. The molecule has 0 radical (unpaired) electrons. The molecule has 16 heavy (non-hydrogen) atoms. The number of halogens is 2. The SMILES string of the molecule is CCCNC(C)/C=C/c1cc(Cl)ccc1Cl. The van der Waals surface area contributed by atoms with Crippen LogP contribution in [0.1, 0.15) is 25.8 Å². The van der Waals surface area contributed by atoms with Crippen LogP contribution in [0.25, 0.3) is 6.08 Å². The Morgan fingerprint density at radius 2 is 2.12 bits per heavy atom. The van der Waals surface area contributed by atoms with Crippen LogP contribution in [0.15, 0.2) is 24.3 Å². The molecule has 0 amide bonds. The van der Waals surface area contributed by atoms with Gasteiger partial charge in [0.25, 0.3) is 0 Å². The van der Waals surface area contributed by atoms with Gasteiger partial charge in [0.1, 0.15) is 0 Å². The van der Waals surface area contributed by atoms with Crippen molar-refractivity contribution in [3.63, 3.8) is 0 Å². The lowest BCUT2D eigenvalue weighted by Gasteiger charge is -2.07. The summed E-state index contributed by atoms with van der Waals surface area (Å²) in [4.78, 5) is 0. The zero-order valence-electron chi connectivity index (χ0n) is 9.63. The van der Waals surface area contributed by atoms with Crippen LogP contribution in [0.2, 0.25) is 10.0 Å². The summed E-state index contributed by atoms with van der Waals surface area (Å²) in [5.41, 5.74) is 0.958. The fraction of sp³-hybridized carbons (Fsp3) is 0.385. The summed E-state index contributed by atoms with van der Waals surface area (Å²) < 4.78 is 0. The van der Waals surface area contributed by atoms with E-state index in [0.717, 1.165) is 23.6 Å². The minimum atomic E-state index is 0.343. The van der Waals surface area contributed by atoms with E-state index in [4.69, 9.17) is 23.2 Å². The van der Waals surface area contributed by atoms with Crippen molar-refractivity contribution < 1.29 is 0 Å². The highest BCUT2D eigenvalue weighted by Crippen LogP contribution is 2.21. The van der Waals surface area contributed by atoms with Crippen LogP contribution >= 0.6 is 23.2 Å². The minimum absolute atomic E-state index is 0.343. The Hall–Kier alpha value is -0.500. The van der Waals surface area contributed by atoms with E-state index in [0.29, 0.717) is 11.1 Å². The Labute approximate surface area is 107 Å². The van der Waals surface area contributed by atoms with Crippen LogP contribution in [-0.2, 0) is 0 Å². The van der Waals surface area contributed by atoms with Crippen LogP contribution in [0.5, 0.6) is 0 Å². The lowest BCUT2D eigenvalue weighted by Crippen LogP contribution is -2.24. The van der Waals surface area contributed by atoms with Crippen LogP contribution in [0.3, 0.4) is 0 Å². The first-order valence-electron chi connectivity index (χ1n) is 5.50. The Morgan fingerprint density at radius 3 is 2.81 bits per heavy atom. The summed E-state index contributed by atoms with van der Waals surface area (Å²) in [6.45, 7) is 5.29. The number of rotatable bonds is 5. The third kappa shape index (κ3) is 4.56. The molecule has 1 rings (SSSR count). The molecule has 0 bridgehead atoms. The zero-order valence-corrected chi connectivity index (χ0v) is 11.1. The maximum Gasteiger partial charge on any atom is 0.0479 e. The summed E-state index contributed by atoms with van der Waals surface area (Å²) in [7, 11) is 0. The molecule has 1 N–H and O–H groups in total. The normalized spacial score (nSPS) is 13.2. The van der Waals surface area contributed by atoms with Crippen molar-refractivity contribution in [3.05, 3.63) is 39.9 Å². The zero-order chi connectivity index (χ0) is 12.0. The fourth-order valence-electron chi connectivity index (χ4n) is 1.33. The predicted molar refractivity (Wildman–Crippen MR) is 73.3 cm³/mol. The Balaban J connectivity index is 2.64. The van der Waals surface area contributed by atoms with Gasteiger partial charge >= 0.3 is 0 Å². The molecule has 1 aromatic carbocycles. The molecule has 0 saturated heterocycles. The van der Waals surface area contributed by atoms with Crippen molar-refractivity contribution in [2.24, 2.45) is 0 Å². The van der Waals surface area contributed by atoms with E-state index in [2.05, 4.69) is 25.2 Å². The van der Waals surface area contributed by atoms with Gasteiger partial charge in [0.05, 0.1) is 0 Å². The second kappa shape index (κ2) is 6.95. The van der Waals surface area contributed by atoms with Crippen molar-refractivity contribution in [3.8, 4) is 0 Å². The smallest absolute Gasteiger partial charge is 0.0479 e. The topological polar surface area (TPSA) is 12.0 Å². The van der Waals surface area contributed by atoms with Crippen molar-refractivity contribution in [1.29, 1.82) is 0 Å². The summed E-state index contributed by atoms with van der Waals surface area (Å²) in [6, 6.07) is 5.82. The van der Waals surface area contributed by atoms with Crippen molar-refractivity contribution in [2.75, 3.05) is 6.54 Å². The van der Waals surface area contributed by atoms with Gasteiger partial charge < -0.3 is 5.32 Å². The van der Waals surface area contributed by atoms with Gasteiger partial charge in [-0.25, -0.2) is 0 Å². The second-order valence-corrected chi connectivity index (χ2v) is 4.61. The van der Waals surface area contributed by atoms with Gasteiger partial charge in [0.15, 0.2) is 0 Å². The van der Waals surface area contributed by atoms with E-state index in [1.54, 1.807) is 6.07 Å².